The summed E-state index contributed by atoms with van der Waals surface area (Å²) < 4.78 is 6.52. The summed E-state index contributed by atoms with van der Waals surface area (Å²) in [4.78, 5) is 20.0. The topological polar surface area (TPSA) is 83.0 Å². The molecule has 0 atom stereocenters. The number of carbonyl (C=O) groups is 1. The molecule has 18 heavy (non-hydrogen) atoms. The molecule has 94 valence electrons. The Kier molecular flexibility index (Phi) is 3.27. The van der Waals surface area contributed by atoms with Gasteiger partial charge in [-0.2, -0.15) is 0 Å². The van der Waals surface area contributed by atoms with Gasteiger partial charge in [0.15, 0.2) is 5.69 Å². The molecule has 0 bridgehead atoms. The fraction of sp³-hybridized carbons (Fsp3) is 0.250. The summed E-state index contributed by atoms with van der Waals surface area (Å²) in [6.45, 7) is 3.78. The summed E-state index contributed by atoms with van der Waals surface area (Å²) >= 11 is 0. The summed E-state index contributed by atoms with van der Waals surface area (Å²) in [5, 5.41) is 0. The Labute approximate surface area is 104 Å². The van der Waals surface area contributed by atoms with Crippen LogP contribution in [-0.4, -0.2) is 27.1 Å². The van der Waals surface area contributed by atoms with E-state index in [1.54, 1.807) is 36.7 Å². The average molecular weight is 246 g/mol. The lowest BCUT2D eigenvalue weighted by molar-refractivity contribution is 0.0521. The van der Waals surface area contributed by atoms with Crippen LogP contribution in [0.1, 0.15) is 23.2 Å². The van der Waals surface area contributed by atoms with Gasteiger partial charge in [-0.25, -0.2) is 14.8 Å². The lowest BCUT2D eigenvalue weighted by Gasteiger charge is -2.05. The first kappa shape index (κ1) is 12.1. The van der Waals surface area contributed by atoms with E-state index in [4.69, 9.17) is 10.5 Å². The second-order valence-corrected chi connectivity index (χ2v) is 3.64. The monoisotopic (exact) mass is 246 g/mol. The van der Waals surface area contributed by atoms with Crippen molar-refractivity contribution in [3.05, 3.63) is 35.9 Å². The quantitative estimate of drug-likeness (QED) is 0.826. The number of carbonyl (C=O) groups excluding carboxylic acids is 1. The molecule has 2 aromatic rings. The number of anilines is 1. The van der Waals surface area contributed by atoms with Crippen LogP contribution in [0.2, 0.25) is 0 Å². The van der Waals surface area contributed by atoms with E-state index in [1.807, 2.05) is 6.07 Å². The van der Waals surface area contributed by atoms with Crippen molar-refractivity contribution in [3.63, 3.8) is 0 Å². The number of imidazole rings is 1. The molecule has 2 heterocycles. The maximum absolute atomic E-state index is 11.7. The fourth-order valence-electron chi connectivity index (χ4n) is 1.67. The van der Waals surface area contributed by atoms with Gasteiger partial charge < -0.3 is 10.5 Å². The molecule has 6 heteroatoms. The maximum atomic E-state index is 11.7. The third-order valence-corrected chi connectivity index (χ3v) is 2.43. The Bertz CT molecular complexity index is 563. The smallest absolute Gasteiger partial charge is 0.360 e. The van der Waals surface area contributed by atoms with Crippen LogP contribution in [0, 0.1) is 6.92 Å². The van der Waals surface area contributed by atoms with Gasteiger partial charge in [0.2, 0.25) is 0 Å². The van der Waals surface area contributed by atoms with Crippen LogP contribution in [0.3, 0.4) is 0 Å². The van der Waals surface area contributed by atoms with Gasteiger partial charge in [-0.05, 0) is 26.0 Å². The Morgan fingerprint density at radius 3 is 2.89 bits per heavy atom. The Balaban J connectivity index is 2.48. The van der Waals surface area contributed by atoms with E-state index in [0.717, 1.165) is 0 Å². The Morgan fingerprint density at radius 1 is 1.50 bits per heavy atom. The Morgan fingerprint density at radius 2 is 2.28 bits per heavy atom. The van der Waals surface area contributed by atoms with E-state index >= 15 is 0 Å². The standard InChI is InChI=1S/C12H14N4O2/c1-3-18-12(17)10-11(13)16(8(2)15-10)9-6-4-5-7-14-9/h4-7H,3,13H2,1-2H3. The van der Waals surface area contributed by atoms with Crippen molar-refractivity contribution in [3.8, 4) is 5.82 Å². The molecule has 0 saturated heterocycles. The second-order valence-electron chi connectivity index (χ2n) is 3.64. The van der Waals surface area contributed by atoms with E-state index in [9.17, 15) is 4.79 Å². The summed E-state index contributed by atoms with van der Waals surface area (Å²) in [6.07, 6.45) is 1.65. The molecule has 0 fully saturated rings. The molecular weight excluding hydrogens is 232 g/mol. The SMILES string of the molecule is CCOC(=O)c1nc(C)n(-c2ccccn2)c1N. The summed E-state index contributed by atoms with van der Waals surface area (Å²) in [6, 6.07) is 5.43. The van der Waals surface area contributed by atoms with Crippen molar-refractivity contribution in [1.29, 1.82) is 0 Å². The van der Waals surface area contributed by atoms with Gasteiger partial charge in [0.25, 0.3) is 0 Å². The van der Waals surface area contributed by atoms with Gasteiger partial charge in [-0.1, -0.05) is 6.07 Å². The zero-order chi connectivity index (χ0) is 13.1. The number of nitrogen functional groups attached to an aromatic ring is 1. The molecule has 0 spiro atoms. The number of nitrogens with zero attached hydrogens (tertiary/aromatic N) is 3. The Hall–Kier alpha value is -2.37. The molecule has 0 radical (unpaired) electrons. The lowest BCUT2D eigenvalue weighted by atomic mass is 10.4. The number of rotatable bonds is 3. The van der Waals surface area contributed by atoms with Crippen LogP contribution in [0.25, 0.3) is 5.82 Å². The molecule has 2 rings (SSSR count). The van der Waals surface area contributed by atoms with Crippen molar-refractivity contribution >= 4 is 11.8 Å². The van der Waals surface area contributed by atoms with E-state index in [-0.39, 0.29) is 18.1 Å². The number of esters is 1. The number of pyridine rings is 1. The van der Waals surface area contributed by atoms with Crippen LogP contribution in [0.5, 0.6) is 0 Å². The molecule has 0 aliphatic rings. The maximum Gasteiger partial charge on any atom is 0.360 e. The summed E-state index contributed by atoms with van der Waals surface area (Å²) in [7, 11) is 0. The van der Waals surface area contributed by atoms with Crippen LogP contribution in [0.15, 0.2) is 24.4 Å². The van der Waals surface area contributed by atoms with Gasteiger partial charge >= 0.3 is 5.97 Å². The number of ether oxygens (including phenoxy) is 1. The van der Waals surface area contributed by atoms with E-state index in [1.165, 1.54) is 0 Å². The van der Waals surface area contributed by atoms with Crippen molar-refractivity contribution in [2.45, 2.75) is 13.8 Å². The van der Waals surface area contributed by atoms with Gasteiger partial charge in [-0.3, -0.25) is 4.57 Å². The largest absolute Gasteiger partial charge is 0.461 e. The van der Waals surface area contributed by atoms with Crippen molar-refractivity contribution in [1.82, 2.24) is 14.5 Å². The minimum atomic E-state index is -0.521. The van der Waals surface area contributed by atoms with E-state index in [0.29, 0.717) is 11.6 Å². The van der Waals surface area contributed by atoms with Gasteiger partial charge in [-0.15, -0.1) is 0 Å². The molecule has 0 aliphatic carbocycles. The highest BCUT2D eigenvalue weighted by molar-refractivity contribution is 5.92. The van der Waals surface area contributed by atoms with E-state index in [2.05, 4.69) is 9.97 Å². The molecule has 0 aromatic carbocycles. The third kappa shape index (κ3) is 2.04. The number of hydrogen-bond donors (Lipinski definition) is 1. The first-order chi connectivity index (χ1) is 8.65. The zero-order valence-electron chi connectivity index (χ0n) is 10.3. The summed E-state index contributed by atoms with van der Waals surface area (Å²) in [5.41, 5.74) is 6.05. The zero-order valence-corrected chi connectivity index (χ0v) is 10.3. The number of nitrogens with two attached hydrogens (primary N) is 1. The normalized spacial score (nSPS) is 10.3. The predicted molar refractivity (Wildman–Crippen MR) is 66.5 cm³/mol. The minimum Gasteiger partial charge on any atom is -0.461 e. The number of hydrogen-bond acceptors (Lipinski definition) is 5. The van der Waals surface area contributed by atoms with Crippen molar-refractivity contribution in [2.75, 3.05) is 12.3 Å². The second kappa shape index (κ2) is 4.87. The highest BCUT2D eigenvalue weighted by Gasteiger charge is 2.20. The first-order valence-electron chi connectivity index (χ1n) is 5.58. The molecule has 0 aliphatic heterocycles. The highest BCUT2D eigenvalue weighted by Crippen LogP contribution is 2.19. The van der Waals surface area contributed by atoms with Gasteiger partial charge in [0.05, 0.1) is 6.61 Å². The third-order valence-electron chi connectivity index (χ3n) is 2.43. The van der Waals surface area contributed by atoms with Crippen molar-refractivity contribution < 1.29 is 9.53 Å². The van der Waals surface area contributed by atoms with E-state index < -0.39 is 5.97 Å². The van der Waals surface area contributed by atoms with Crippen LogP contribution in [-0.2, 0) is 4.74 Å². The minimum absolute atomic E-state index is 0.125. The van der Waals surface area contributed by atoms with Crippen LogP contribution < -0.4 is 5.73 Å². The predicted octanol–water partition coefficient (Wildman–Crippen LogP) is 1.33. The van der Waals surface area contributed by atoms with Crippen molar-refractivity contribution in [2.24, 2.45) is 0 Å². The van der Waals surface area contributed by atoms with Gasteiger partial charge in [0, 0.05) is 6.20 Å². The number of aryl methyl sites for hydroxylation is 1. The molecule has 0 saturated carbocycles. The summed E-state index contributed by atoms with van der Waals surface area (Å²) in [5.74, 6) is 0.933. The molecule has 0 amide bonds. The average Bonchev–Trinajstić information content (AvgIpc) is 2.66. The fourth-order valence-corrected chi connectivity index (χ4v) is 1.67. The molecule has 2 N–H and O–H groups in total. The van der Waals surface area contributed by atoms with Crippen LogP contribution in [0.4, 0.5) is 5.82 Å². The lowest BCUT2D eigenvalue weighted by Crippen LogP contribution is -2.10. The molecule has 6 nitrogen and oxygen atoms in total. The van der Waals surface area contributed by atoms with Crippen LogP contribution >= 0.6 is 0 Å². The molecule has 0 unspecified atom stereocenters. The van der Waals surface area contributed by atoms with Gasteiger partial charge in [0.1, 0.15) is 17.5 Å². The highest BCUT2D eigenvalue weighted by atomic mass is 16.5. The molecule has 2 aromatic heterocycles. The first-order valence-corrected chi connectivity index (χ1v) is 5.58. The number of aromatic nitrogens is 3. The molecular formula is C12H14N4O2.